The zero-order chi connectivity index (χ0) is 15.2. The van der Waals surface area contributed by atoms with Crippen molar-refractivity contribution in [2.45, 2.75) is 44.7 Å². The molecule has 1 aromatic carbocycles. The van der Waals surface area contributed by atoms with Crippen LogP contribution in [0.3, 0.4) is 0 Å². The van der Waals surface area contributed by atoms with Crippen LogP contribution in [-0.2, 0) is 4.79 Å². The minimum Gasteiger partial charge on any atom is -0.359 e. The number of hydrogen-bond acceptors (Lipinski definition) is 3. The highest BCUT2D eigenvalue weighted by molar-refractivity contribution is 5.79. The molecule has 1 aromatic rings. The summed E-state index contributed by atoms with van der Waals surface area (Å²) in [7, 11) is 1.70. The lowest BCUT2D eigenvalue weighted by Crippen LogP contribution is -2.46. The number of nitriles is 1. The van der Waals surface area contributed by atoms with E-state index in [2.05, 4.69) is 23.6 Å². The molecule has 0 unspecified atom stereocenters. The number of nitrogens with zero attached hydrogens (tertiary/aromatic N) is 1. The Labute approximate surface area is 126 Å². The second-order valence-electron chi connectivity index (χ2n) is 5.74. The van der Waals surface area contributed by atoms with E-state index < -0.39 is 0 Å². The summed E-state index contributed by atoms with van der Waals surface area (Å²) in [6.07, 6.45) is 4.26. The molecule has 1 fully saturated rings. The molecule has 0 aromatic heterocycles. The van der Waals surface area contributed by atoms with Crippen molar-refractivity contribution in [3.8, 4) is 6.07 Å². The number of hydrogen-bond donors (Lipinski definition) is 2. The molecule has 0 radical (unpaired) electrons. The van der Waals surface area contributed by atoms with Crippen LogP contribution >= 0.6 is 0 Å². The maximum Gasteiger partial charge on any atom is 0.224 e. The highest BCUT2D eigenvalue weighted by Crippen LogP contribution is 2.27. The zero-order valence-electron chi connectivity index (χ0n) is 12.7. The van der Waals surface area contributed by atoms with E-state index in [0.29, 0.717) is 5.56 Å². The number of carbonyl (C=O) groups excluding carboxylic acids is 1. The summed E-state index contributed by atoms with van der Waals surface area (Å²) < 4.78 is 0. The number of amides is 1. The number of rotatable bonds is 4. The third-order valence-corrected chi connectivity index (χ3v) is 4.33. The summed E-state index contributed by atoms with van der Waals surface area (Å²) in [5.41, 5.74) is 1.77. The third kappa shape index (κ3) is 3.83. The van der Waals surface area contributed by atoms with Crippen molar-refractivity contribution < 1.29 is 4.79 Å². The maximum atomic E-state index is 12.0. The minimum absolute atomic E-state index is 0.0466. The van der Waals surface area contributed by atoms with Crippen molar-refractivity contribution >= 4 is 5.91 Å². The van der Waals surface area contributed by atoms with Crippen molar-refractivity contribution in [2.24, 2.45) is 5.92 Å². The van der Waals surface area contributed by atoms with Gasteiger partial charge in [0.15, 0.2) is 0 Å². The van der Waals surface area contributed by atoms with Crippen LogP contribution in [0.25, 0.3) is 0 Å². The summed E-state index contributed by atoms with van der Waals surface area (Å²) in [5.74, 6) is 0.176. The SMILES string of the molecule is CNC(=O)[C@@H]1CCCC[C@H]1N[C@H](C)c1cccc(C#N)c1. The zero-order valence-corrected chi connectivity index (χ0v) is 12.7. The first-order valence-electron chi connectivity index (χ1n) is 7.63. The Bertz CT molecular complexity index is 535. The lowest BCUT2D eigenvalue weighted by atomic mass is 9.83. The van der Waals surface area contributed by atoms with Crippen molar-refractivity contribution in [2.75, 3.05) is 7.05 Å². The predicted molar refractivity (Wildman–Crippen MR) is 82.5 cm³/mol. The van der Waals surface area contributed by atoms with Crippen molar-refractivity contribution in [1.82, 2.24) is 10.6 Å². The van der Waals surface area contributed by atoms with Gasteiger partial charge in [0.05, 0.1) is 17.6 Å². The van der Waals surface area contributed by atoms with Gasteiger partial charge in [-0.2, -0.15) is 5.26 Å². The molecule has 0 aliphatic heterocycles. The van der Waals surface area contributed by atoms with E-state index in [1.54, 1.807) is 7.05 Å². The average Bonchev–Trinajstić information content (AvgIpc) is 2.54. The molecule has 1 aliphatic carbocycles. The van der Waals surface area contributed by atoms with Crippen LogP contribution in [0.1, 0.15) is 49.8 Å². The fourth-order valence-electron chi connectivity index (χ4n) is 3.12. The molecule has 4 heteroatoms. The highest BCUT2D eigenvalue weighted by atomic mass is 16.1. The Balaban J connectivity index is 2.07. The van der Waals surface area contributed by atoms with E-state index in [4.69, 9.17) is 5.26 Å². The molecule has 1 aliphatic rings. The van der Waals surface area contributed by atoms with Gasteiger partial charge in [0.2, 0.25) is 5.91 Å². The molecular weight excluding hydrogens is 262 g/mol. The fraction of sp³-hybridized carbons (Fsp3) is 0.529. The van der Waals surface area contributed by atoms with E-state index >= 15 is 0 Å². The molecular formula is C17H23N3O. The Morgan fingerprint density at radius 3 is 2.86 bits per heavy atom. The van der Waals surface area contributed by atoms with Gasteiger partial charge in [-0.25, -0.2) is 0 Å². The highest BCUT2D eigenvalue weighted by Gasteiger charge is 2.31. The van der Waals surface area contributed by atoms with E-state index in [9.17, 15) is 4.79 Å². The molecule has 21 heavy (non-hydrogen) atoms. The van der Waals surface area contributed by atoms with Crippen LogP contribution < -0.4 is 10.6 Å². The van der Waals surface area contributed by atoms with Gasteiger partial charge in [0.1, 0.15) is 0 Å². The average molecular weight is 285 g/mol. The second kappa shape index (κ2) is 7.24. The number of carbonyl (C=O) groups is 1. The van der Waals surface area contributed by atoms with Crippen LogP contribution in [0, 0.1) is 17.2 Å². The fourth-order valence-corrected chi connectivity index (χ4v) is 3.12. The Morgan fingerprint density at radius 2 is 2.14 bits per heavy atom. The van der Waals surface area contributed by atoms with Crippen molar-refractivity contribution in [1.29, 1.82) is 5.26 Å². The summed E-state index contributed by atoms with van der Waals surface area (Å²) in [6.45, 7) is 2.09. The molecule has 4 nitrogen and oxygen atoms in total. The van der Waals surface area contributed by atoms with Gasteiger partial charge < -0.3 is 10.6 Å². The smallest absolute Gasteiger partial charge is 0.224 e. The van der Waals surface area contributed by atoms with Crippen molar-refractivity contribution in [3.05, 3.63) is 35.4 Å². The first-order valence-corrected chi connectivity index (χ1v) is 7.63. The lowest BCUT2D eigenvalue weighted by Gasteiger charge is -2.33. The quantitative estimate of drug-likeness (QED) is 0.893. The summed E-state index contributed by atoms with van der Waals surface area (Å²) >= 11 is 0. The molecule has 1 amide bonds. The number of nitrogens with one attached hydrogen (secondary N) is 2. The van der Waals surface area contributed by atoms with E-state index in [-0.39, 0.29) is 23.9 Å². The largest absolute Gasteiger partial charge is 0.359 e. The van der Waals surface area contributed by atoms with Gasteiger partial charge in [-0.1, -0.05) is 25.0 Å². The van der Waals surface area contributed by atoms with Crippen LogP contribution in [0.15, 0.2) is 24.3 Å². The Hall–Kier alpha value is -1.86. The number of benzene rings is 1. The van der Waals surface area contributed by atoms with Crippen LogP contribution in [0.2, 0.25) is 0 Å². The van der Waals surface area contributed by atoms with Crippen LogP contribution in [0.5, 0.6) is 0 Å². The van der Waals surface area contributed by atoms with E-state index in [0.717, 1.165) is 31.2 Å². The molecule has 2 N–H and O–H groups in total. The predicted octanol–water partition coefficient (Wildman–Crippen LogP) is 2.51. The van der Waals surface area contributed by atoms with E-state index in [1.165, 1.54) is 0 Å². The van der Waals surface area contributed by atoms with Gasteiger partial charge in [0, 0.05) is 19.1 Å². The molecule has 0 heterocycles. The standard InChI is InChI=1S/C17H23N3O/c1-12(14-7-5-6-13(10-14)11-18)20-16-9-4-3-8-15(16)17(21)19-2/h5-7,10,12,15-16,20H,3-4,8-9H2,1-2H3,(H,19,21)/t12-,15-,16-/m1/s1. The van der Waals surface area contributed by atoms with Gasteiger partial charge in [-0.05, 0) is 37.5 Å². The minimum atomic E-state index is 0.0466. The molecule has 1 saturated carbocycles. The maximum absolute atomic E-state index is 12.0. The van der Waals surface area contributed by atoms with Gasteiger partial charge in [-0.3, -0.25) is 4.79 Å². The molecule has 112 valence electrons. The monoisotopic (exact) mass is 285 g/mol. The lowest BCUT2D eigenvalue weighted by molar-refractivity contribution is -0.126. The summed E-state index contributed by atoms with van der Waals surface area (Å²) in [4.78, 5) is 12.0. The van der Waals surface area contributed by atoms with E-state index in [1.807, 2.05) is 24.3 Å². The van der Waals surface area contributed by atoms with Gasteiger partial charge in [-0.15, -0.1) is 0 Å². The van der Waals surface area contributed by atoms with Crippen LogP contribution in [-0.4, -0.2) is 19.0 Å². The molecule has 3 atom stereocenters. The first-order chi connectivity index (χ1) is 10.2. The van der Waals surface area contributed by atoms with Gasteiger partial charge >= 0.3 is 0 Å². The normalized spacial score (nSPS) is 23.1. The summed E-state index contributed by atoms with van der Waals surface area (Å²) in [5, 5.41) is 15.3. The second-order valence-corrected chi connectivity index (χ2v) is 5.74. The van der Waals surface area contributed by atoms with Crippen LogP contribution in [0.4, 0.5) is 0 Å². The molecule has 2 rings (SSSR count). The molecule has 0 bridgehead atoms. The molecule has 0 saturated heterocycles. The van der Waals surface area contributed by atoms with Gasteiger partial charge in [0.25, 0.3) is 0 Å². The summed E-state index contributed by atoms with van der Waals surface area (Å²) in [6, 6.07) is 10.2. The Morgan fingerprint density at radius 1 is 1.38 bits per heavy atom. The Kier molecular flexibility index (Phi) is 5.35. The third-order valence-electron chi connectivity index (χ3n) is 4.33. The molecule has 0 spiro atoms. The first kappa shape index (κ1) is 15.5. The van der Waals surface area contributed by atoms with Crippen molar-refractivity contribution in [3.63, 3.8) is 0 Å². The topological polar surface area (TPSA) is 64.9 Å².